The van der Waals surface area contributed by atoms with Crippen LogP contribution in [0.2, 0.25) is 0 Å². The number of carbonyl (C=O) groups excluding carboxylic acids is 1. The fourth-order valence-electron chi connectivity index (χ4n) is 2.67. The molecule has 0 spiro atoms. The zero-order chi connectivity index (χ0) is 16.5. The Morgan fingerprint density at radius 2 is 1.95 bits per heavy atom. The molecular weight excluding hydrogens is 272 g/mol. The van der Waals surface area contributed by atoms with Crippen molar-refractivity contribution < 1.29 is 9.53 Å². The fraction of sp³-hybridized carbons (Fsp3) is 0.650. The Labute approximate surface area is 136 Å². The predicted molar refractivity (Wildman–Crippen MR) is 93.6 cm³/mol. The van der Waals surface area contributed by atoms with E-state index >= 15 is 0 Å². The zero-order valence-electron chi connectivity index (χ0n) is 14.8. The maximum absolute atomic E-state index is 11.7. The van der Waals surface area contributed by atoms with Crippen molar-refractivity contribution in [2.45, 2.75) is 66.2 Å². The van der Waals surface area contributed by atoms with Crippen molar-refractivity contribution in [1.82, 2.24) is 0 Å². The lowest BCUT2D eigenvalue weighted by Gasteiger charge is -2.20. The smallest absolute Gasteiger partial charge is 0.306 e. The lowest BCUT2D eigenvalue weighted by molar-refractivity contribution is -0.143. The maximum atomic E-state index is 11.7. The van der Waals surface area contributed by atoms with E-state index in [1.807, 2.05) is 13.8 Å². The van der Waals surface area contributed by atoms with E-state index in [0.717, 1.165) is 37.7 Å². The maximum Gasteiger partial charge on any atom is 0.306 e. The summed E-state index contributed by atoms with van der Waals surface area (Å²) in [4.78, 5) is 11.7. The normalized spacial score (nSPS) is 24.9. The van der Waals surface area contributed by atoms with E-state index in [2.05, 4.69) is 32.6 Å². The highest BCUT2D eigenvalue weighted by molar-refractivity contribution is 5.69. The van der Waals surface area contributed by atoms with Crippen LogP contribution in [0.15, 0.2) is 35.5 Å². The SMILES string of the molecule is C=C(COC(=O)CC(C)C)[C@H]1C/C=C(\C)CC/C=C(\C)CC1. The van der Waals surface area contributed by atoms with Gasteiger partial charge in [0.2, 0.25) is 0 Å². The molecule has 1 rings (SSSR count). The number of hydrogen-bond donors (Lipinski definition) is 0. The summed E-state index contributed by atoms with van der Waals surface area (Å²) < 4.78 is 5.38. The summed E-state index contributed by atoms with van der Waals surface area (Å²) in [5.74, 6) is 0.634. The van der Waals surface area contributed by atoms with E-state index < -0.39 is 0 Å². The lowest BCUT2D eigenvalue weighted by Crippen LogP contribution is -2.14. The highest BCUT2D eigenvalue weighted by atomic mass is 16.5. The molecule has 0 unspecified atom stereocenters. The minimum absolute atomic E-state index is 0.112. The van der Waals surface area contributed by atoms with Gasteiger partial charge in [0, 0.05) is 6.42 Å². The topological polar surface area (TPSA) is 26.3 Å². The van der Waals surface area contributed by atoms with Gasteiger partial charge in [0.05, 0.1) is 0 Å². The summed E-state index contributed by atoms with van der Waals surface area (Å²) in [5.41, 5.74) is 3.96. The van der Waals surface area contributed by atoms with Crippen LogP contribution in [-0.4, -0.2) is 12.6 Å². The first-order chi connectivity index (χ1) is 10.4. The van der Waals surface area contributed by atoms with E-state index in [9.17, 15) is 4.79 Å². The van der Waals surface area contributed by atoms with Crippen molar-refractivity contribution in [1.29, 1.82) is 0 Å². The second kappa shape index (κ2) is 9.66. The van der Waals surface area contributed by atoms with Crippen LogP contribution in [-0.2, 0) is 9.53 Å². The number of rotatable bonds is 5. The quantitative estimate of drug-likeness (QED) is 0.488. The van der Waals surface area contributed by atoms with E-state index in [4.69, 9.17) is 4.74 Å². The first kappa shape index (κ1) is 18.7. The van der Waals surface area contributed by atoms with Gasteiger partial charge < -0.3 is 4.74 Å². The summed E-state index contributed by atoms with van der Waals surface area (Å²) in [7, 11) is 0. The Morgan fingerprint density at radius 3 is 2.64 bits per heavy atom. The fourth-order valence-corrected chi connectivity index (χ4v) is 2.67. The van der Waals surface area contributed by atoms with Crippen LogP contribution >= 0.6 is 0 Å². The first-order valence-electron chi connectivity index (χ1n) is 8.53. The van der Waals surface area contributed by atoms with Gasteiger partial charge >= 0.3 is 5.97 Å². The average Bonchev–Trinajstić information content (AvgIpc) is 2.43. The molecule has 0 amide bonds. The predicted octanol–water partition coefficient (Wildman–Crippen LogP) is 5.60. The van der Waals surface area contributed by atoms with Gasteiger partial charge in [0.25, 0.3) is 0 Å². The molecule has 1 aliphatic rings. The van der Waals surface area contributed by atoms with Gasteiger partial charge in [-0.1, -0.05) is 43.7 Å². The molecule has 0 radical (unpaired) electrons. The molecule has 22 heavy (non-hydrogen) atoms. The minimum Gasteiger partial charge on any atom is -0.461 e. The molecule has 0 heterocycles. The van der Waals surface area contributed by atoms with Crippen LogP contribution in [0.1, 0.15) is 66.2 Å². The minimum atomic E-state index is -0.112. The molecule has 0 aromatic rings. The summed E-state index contributed by atoms with van der Waals surface area (Å²) in [5, 5.41) is 0. The molecule has 0 saturated carbocycles. The van der Waals surface area contributed by atoms with Crippen LogP contribution in [0, 0.1) is 11.8 Å². The van der Waals surface area contributed by atoms with Gasteiger partial charge in [-0.05, 0) is 63.4 Å². The largest absolute Gasteiger partial charge is 0.461 e. The van der Waals surface area contributed by atoms with Gasteiger partial charge in [-0.15, -0.1) is 0 Å². The number of ether oxygens (including phenoxy) is 1. The number of carbonyl (C=O) groups is 1. The van der Waals surface area contributed by atoms with Crippen LogP contribution in [0.4, 0.5) is 0 Å². The van der Waals surface area contributed by atoms with Crippen LogP contribution < -0.4 is 0 Å². The van der Waals surface area contributed by atoms with Crippen LogP contribution in [0.25, 0.3) is 0 Å². The Balaban J connectivity index is 2.57. The molecule has 2 nitrogen and oxygen atoms in total. The molecule has 0 N–H and O–H groups in total. The highest BCUT2D eigenvalue weighted by Gasteiger charge is 2.15. The summed E-state index contributed by atoms with van der Waals surface area (Å²) in [6, 6.07) is 0. The molecule has 0 aromatic heterocycles. The van der Waals surface area contributed by atoms with Crippen LogP contribution in [0.5, 0.6) is 0 Å². The van der Waals surface area contributed by atoms with Crippen LogP contribution in [0.3, 0.4) is 0 Å². The average molecular weight is 304 g/mol. The Morgan fingerprint density at radius 1 is 1.27 bits per heavy atom. The molecule has 0 saturated heterocycles. The van der Waals surface area contributed by atoms with Crippen molar-refractivity contribution in [3.8, 4) is 0 Å². The zero-order valence-corrected chi connectivity index (χ0v) is 14.8. The standard InChI is InChI=1S/C20H32O2/c1-15(2)13-20(21)22-14-18(5)19-11-9-16(3)7-6-8-17(4)10-12-19/h7,10,15,19H,5-6,8-9,11-14H2,1-4H3/b16-7+,17-10+/t19-/m1/s1. The van der Waals surface area contributed by atoms with Gasteiger partial charge in [-0.3, -0.25) is 4.79 Å². The number of allylic oxidation sites excluding steroid dienone is 4. The highest BCUT2D eigenvalue weighted by Crippen LogP contribution is 2.26. The van der Waals surface area contributed by atoms with E-state index in [1.54, 1.807) is 0 Å². The van der Waals surface area contributed by atoms with Crippen molar-refractivity contribution in [3.05, 3.63) is 35.5 Å². The van der Waals surface area contributed by atoms with E-state index in [-0.39, 0.29) is 5.97 Å². The number of esters is 1. The molecule has 1 atom stereocenters. The molecule has 0 fully saturated rings. The van der Waals surface area contributed by atoms with Gasteiger partial charge in [-0.25, -0.2) is 0 Å². The molecule has 0 aromatic carbocycles. The third-order valence-electron chi connectivity index (χ3n) is 4.24. The van der Waals surface area contributed by atoms with Crippen molar-refractivity contribution >= 4 is 5.97 Å². The molecular formula is C20H32O2. The summed E-state index contributed by atoms with van der Waals surface area (Å²) >= 11 is 0. The van der Waals surface area contributed by atoms with E-state index in [1.165, 1.54) is 11.1 Å². The Hall–Kier alpha value is -1.31. The Bertz CT molecular complexity index is 441. The second-order valence-electron chi connectivity index (χ2n) is 7.03. The third kappa shape index (κ3) is 7.63. The monoisotopic (exact) mass is 304 g/mol. The third-order valence-corrected chi connectivity index (χ3v) is 4.24. The van der Waals surface area contributed by atoms with Gasteiger partial charge in [0.1, 0.15) is 6.61 Å². The van der Waals surface area contributed by atoms with Gasteiger partial charge in [-0.2, -0.15) is 0 Å². The van der Waals surface area contributed by atoms with E-state index in [0.29, 0.717) is 24.9 Å². The summed E-state index contributed by atoms with van der Waals surface area (Å²) in [6.45, 7) is 13.0. The second-order valence-corrected chi connectivity index (χ2v) is 7.03. The number of hydrogen-bond acceptors (Lipinski definition) is 2. The molecule has 2 heteroatoms. The first-order valence-corrected chi connectivity index (χ1v) is 8.53. The molecule has 0 aliphatic heterocycles. The van der Waals surface area contributed by atoms with Crippen molar-refractivity contribution in [2.24, 2.45) is 11.8 Å². The van der Waals surface area contributed by atoms with Crippen molar-refractivity contribution in [2.75, 3.05) is 6.61 Å². The lowest BCUT2D eigenvalue weighted by atomic mass is 9.88. The van der Waals surface area contributed by atoms with Gasteiger partial charge in [0.15, 0.2) is 0 Å². The molecule has 1 aliphatic carbocycles. The Kier molecular flexibility index (Phi) is 8.22. The summed E-state index contributed by atoms with van der Waals surface area (Å²) in [6.07, 6.45) is 10.7. The molecule has 0 bridgehead atoms. The van der Waals surface area contributed by atoms with Crippen molar-refractivity contribution in [3.63, 3.8) is 0 Å². The molecule has 124 valence electrons.